The standard InChI is InChI=1S/C20H16F3N3O2S/c21-20(22,23)29-15-10-8-14(9-11-15)19(27)26-12-4-7-16(26)18-25-24-17(28-18)13-5-2-1-3-6-13/h1-3,5-6,8-11,16H,4,7,12H2. The molecule has 9 heteroatoms. The summed E-state index contributed by atoms with van der Waals surface area (Å²) in [7, 11) is 0. The van der Waals surface area contributed by atoms with Crippen LogP contribution in [0.15, 0.2) is 63.9 Å². The van der Waals surface area contributed by atoms with E-state index in [4.69, 9.17) is 4.42 Å². The number of carbonyl (C=O) groups is 1. The quantitative estimate of drug-likeness (QED) is 0.535. The average molecular weight is 419 g/mol. The van der Waals surface area contributed by atoms with Gasteiger partial charge in [-0.05, 0) is 61.0 Å². The second kappa shape index (κ2) is 7.90. The number of hydrogen-bond acceptors (Lipinski definition) is 5. The maximum absolute atomic E-state index is 12.9. The van der Waals surface area contributed by atoms with E-state index in [9.17, 15) is 18.0 Å². The summed E-state index contributed by atoms with van der Waals surface area (Å²) < 4.78 is 43.2. The summed E-state index contributed by atoms with van der Waals surface area (Å²) in [6, 6.07) is 14.4. The van der Waals surface area contributed by atoms with Gasteiger partial charge in [0.2, 0.25) is 11.8 Å². The van der Waals surface area contributed by atoms with Gasteiger partial charge in [0.1, 0.15) is 6.04 Å². The number of benzene rings is 2. The Morgan fingerprint density at radius 3 is 2.48 bits per heavy atom. The van der Waals surface area contributed by atoms with Crippen molar-refractivity contribution < 1.29 is 22.4 Å². The first-order valence-corrected chi connectivity index (χ1v) is 9.78. The molecule has 2 heterocycles. The highest BCUT2D eigenvalue weighted by Gasteiger charge is 2.35. The summed E-state index contributed by atoms with van der Waals surface area (Å²) in [5, 5.41) is 8.20. The number of amides is 1. The van der Waals surface area contributed by atoms with Gasteiger partial charge in [-0.25, -0.2) is 0 Å². The van der Waals surface area contributed by atoms with E-state index < -0.39 is 5.51 Å². The average Bonchev–Trinajstić information content (AvgIpc) is 3.37. The molecule has 1 saturated heterocycles. The third-order valence-electron chi connectivity index (χ3n) is 4.59. The van der Waals surface area contributed by atoms with Crippen LogP contribution in [0.4, 0.5) is 13.2 Å². The van der Waals surface area contributed by atoms with Crippen molar-refractivity contribution in [3.05, 3.63) is 66.1 Å². The Balaban J connectivity index is 1.51. The molecule has 0 bridgehead atoms. The van der Waals surface area contributed by atoms with E-state index in [1.165, 1.54) is 24.3 Å². The Kier molecular flexibility index (Phi) is 5.31. The van der Waals surface area contributed by atoms with Gasteiger partial charge in [-0.1, -0.05) is 18.2 Å². The summed E-state index contributed by atoms with van der Waals surface area (Å²) in [5.41, 5.74) is -3.24. The summed E-state index contributed by atoms with van der Waals surface area (Å²) >= 11 is -0.207. The Bertz CT molecular complexity index is 990. The van der Waals surface area contributed by atoms with Gasteiger partial charge >= 0.3 is 5.51 Å². The molecule has 0 N–H and O–H groups in total. The molecule has 1 fully saturated rings. The number of rotatable bonds is 4. The fourth-order valence-electron chi connectivity index (χ4n) is 3.30. The summed E-state index contributed by atoms with van der Waals surface area (Å²) in [5.74, 6) is 0.475. The van der Waals surface area contributed by atoms with Gasteiger partial charge in [-0.3, -0.25) is 4.79 Å². The molecule has 0 saturated carbocycles. The van der Waals surface area contributed by atoms with E-state index in [1.807, 2.05) is 30.3 Å². The molecule has 3 aromatic rings. The van der Waals surface area contributed by atoms with Crippen molar-refractivity contribution >= 4 is 17.7 Å². The van der Waals surface area contributed by atoms with Crippen molar-refractivity contribution in [3.63, 3.8) is 0 Å². The van der Waals surface area contributed by atoms with Crippen molar-refractivity contribution in [1.29, 1.82) is 0 Å². The van der Waals surface area contributed by atoms with Gasteiger partial charge in [0.05, 0.1) is 0 Å². The lowest BCUT2D eigenvalue weighted by molar-refractivity contribution is -0.0328. The number of likely N-dealkylation sites (tertiary alicyclic amines) is 1. The molecule has 29 heavy (non-hydrogen) atoms. The molecular formula is C20H16F3N3O2S. The first-order chi connectivity index (χ1) is 13.9. The lowest BCUT2D eigenvalue weighted by Gasteiger charge is -2.22. The second-order valence-electron chi connectivity index (χ2n) is 6.54. The molecule has 4 rings (SSSR count). The van der Waals surface area contributed by atoms with Gasteiger partial charge < -0.3 is 9.32 Å². The summed E-state index contributed by atoms with van der Waals surface area (Å²) in [6.07, 6.45) is 1.46. The van der Waals surface area contributed by atoms with E-state index >= 15 is 0 Å². The van der Waals surface area contributed by atoms with Gasteiger partial charge in [0, 0.05) is 22.6 Å². The minimum atomic E-state index is -4.36. The maximum atomic E-state index is 12.9. The number of carbonyl (C=O) groups excluding carboxylic acids is 1. The van der Waals surface area contributed by atoms with E-state index in [0.29, 0.717) is 30.3 Å². The fourth-order valence-corrected chi connectivity index (χ4v) is 3.84. The van der Waals surface area contributed by atoms with Crippen LogP contribution in [0.2, 0.25) is 0 Å². The topological polar surface area (TPSA) is 59.2 Å². The third kappa shape index (κ3) is 4.45. The summed E-state index contributed by atoms with van der Waals surface area (Å²) in [6.45, 7) is 0.519. The zero-order chi connectivity index (χ0) is 20.4. The number of halogens is 3. The lowest BCUT2D eigenvalue weighted by atomic mass is 10.1. The molecule has 0 radical (unpaired) electrons. The number of thioether (sulfide) groups is 1. The Labute approximate surface area is 168 Å². The predicted molar refractivity (Wildman–Crippen MR) is 101 cm³/mol. The van der Waals surface area contributed by atoms with Crippen molar-refractivity contribution in [1.82, 2.24) is 15.1 Å². The van der Waals surface area contributed by atoms with Crippen molar-refractivity contribution in [2.75, 3.05) is 6.54 Å². The van der Waals surface area contributed by atoms with Crippen LogP contribution in [0.25, 0.3) is 11.5 Å². The van der Waals surface area contributed by atoms with E-state index in [1.54, 1.807) is 4.90 Å². The third-order valence-corrected chi connectivity index (χ3v) is 5.33. The first-order valence-electron chi connectivity index (χ1n) is 8.96. The van der Waals surface area contributed by atoms with E-state index in [0.717, 1.165) is 12.0 Å². The Morgan fingerprint density at radius 2 is 1.79 bits per heavy atom. The highest BCUT2D eigenvalue weighted by atomic mass is 32.2. The van der Waals surface area contributed by atoms with Crippen LogP contribution in [-0.4, -0.2) is 33.1 Å². The molecule has 150 valence electrons. The van der Waals surface area contributed by atoms with Crippen molar-refractivity contribution in [2.24, 2.45) is 0 Å². The Morgan fingerprint density at radius 1 is 1.07 bits per heavy atom. The number of hydrogen-bond donors (Lipinski definition) is 0. The van der Waals surface area contributed by atoms with Crippen LogP contribution < -0.4 is 0 Å². The van der Waals surface area contributed by atoms with Gasteiger partial charge in [0.25, 0.3) is 5.91 Å². The fraction of sp³-hybridized carbons (Fsp3) is 0.250. The van der Waals surface area contributed by atoms with Crippen LogP contribution in [-0.2, 0) is 0 Å². The molecule has 1 amide bonds. The van der Waals surface area contributed by atoms with Crippen LogP contribution in [0.1, 0.15) is 35.1 Å². The van der Waals surface area contributed by atoms with E-state index in [-0.39, 0.29) is 28.6 Å². The molecule has 0 aliphatic carbocycles. The van der Waals surface area contributed by atoms with Crippen LogP contribution in [0.3, 0.4) is 0 Å². The first kappa shape index (κ1) is 19.5. The largest absolute Gasteiger partial charge is 0.446 e. The van der Waals surface area contributed by atoms with Crippen molar-refractivity contribution in [2.45, 2.75) is 29.3 Å². The molecule has 1 aromatic heterocycles. The molecule has 0 spiro atoms. The lowest BCUT2D eigenvalue weighted by Crippen LogP contribution is -2.30. The zero-order valence-corrected chi connectivity index (χ0v) is 15.9. The monoisotopic (exact) mass is 419 g/mol. The Hall–Kier alpha value is -2.81. The number of alkyl halides is 3. The smallest absolute Gasteiger partial charge is 0.418 e. The summed E-state index contributed by atoms with van der Waals surface area (Å²) in [4.78, 5) is 14.6. The molecule has 5 nitrogen and oxygen atoms in total. The second-order valence-corrected chi connectivity index (χ2v) is 7.68. The molecule has 1 aliphatic rings. The number of aromatic nitrogens is 2. The van der Waals surface area contributed by atoms with E-state index in [2.05, 4.69) is 10.2 Å². The van der Waals surface area contributed by atoms with Crippen molar-refractivity contribution in [3.8, 4) is 11.5 Å². The number of nitrogens with zero attached hydrogens (tertiary/aromatic N) is 3. The minimum absolute atomic E-state index is 0.0384. The predicted octanol–water partition coefficient (Wildman–Crippen LogP) is 5.33. The molecule has 1 unspecified atom stereocenters. The zero-order valence-electron chi connectivity index (χ0n) is 15.1. The highest BCUT2D eigenvalue weighted by molar-refractivity contribution is 8.00. The normalized spacial score (nSPS) is 16.9. The molecule has 1 aliphatic heterocycles. The van der Waals surface area contributed by atoms with Gasteiger partial charge in [-0.15, -0.1) is 10.2 Å². The molecule has 1 atom stereocenters. The van der Waals surface area contributed by atoms with Gasteiger partial charge in [0.15, 0.2) is 0 Å². The SMILES string of the molecule is O=C(c1ccc(SC(F)(F)F)cc1)N1CCCC1c1nnc(-c2ccccc2)o1. The van der Waals surface area contributed by atoms with Crippen LogP contribution in [0, 0.1) is 0 Å². The molecular weight excluding hydrogens is 403 g/mol. The van der Waals surface area contributed by atoms with Crippen LogP contribution >= 0.6 is 11.8 Å². The molecule has 2 aromatic carbocycles. The maximum Gasteiger partial charge on any atom is 0.446 e. The van der Waals surface area contributed by atoms with Gasteiger partial charge in [-0.2, -0.15) is 13.2 Å². The van der Waals surface area contributed by atoms with Crippen LogP contribution in [0.5, 0.6) is 0 Å². The minimum Gasteiger partial charge on any atom is -0.418 e. The highest BCUT2D eigenvalue weighted by Crippen LogP contribution is 2.37.